The first kappa shape index (κ1) is 14.4. The number of hydrogen-bond acceptors (Lipinski definition) is 3. The Labute approximate surface area is 117 Å². The van der Waals surface area contributed by atoms with Gasteiger partial charge in [0.1, 0.15) is 0 Å². The van der Waals surface area contributed by atoms with E-state index in [1.807, 2.05) is 0 Å². The predicted molar refractivity (Wildman–Crippen MR) is 83.0 cm³/mol. The third-order valence-electron chi connectivity index (χ3n) is 4.61. The lowest BCUT2D eigenvalue weighted by molar-refractivity contribution is 0.184. The van der Waals surface area contributed by atoms with E-state index in [0.29, 0.717) is 0 Å². The minimum absolute atomic E-state index is 0.129. The molecule has 0 aromatic heterocycles. The topological polar surface area (TPSA) is 32.5 Å². The van der Waals surface area contributed by atoms with Gasteiger partial charge in [-0.1, -0.05) is 17.7 Å². The van der Waals surface area contributed by atoms with E-state index in [0.717, 1.165) is 26.1 Å². The number of aryl methyl sites for hydroxylation is 3. The van der Waals surface area contributed by atoms with Crippen LogP contribution in [0, 0.1) is 20.8 Å². The molecule has 1 aromatic rings. The Morgan fingerprint density at radius 2 is 1.79 bits per heavy atom. The molecule has 1 unspecified atom stereocenters. The first-order valence-corrected chi connectivity index (χ1v) is 7.10. The summed E-state index contributed by atoms with van der Waals surface area (Å²) in [4.78, 5) is 4.81. The van der Waals surface area contributed by atoms with Crippen LogP contribution in [0.4, 0.5) is 5.69 Å². The molecule has 0 radical (unpaired) electrons. The summed E-state index contributed by atoms with van der Waals surface area (Å²) in [5.41, 5.74) is 11.7. The Kier molecular flexibility index (Phi) is 3.88. The smallest absolute Gasteiger partial charge is 0.0518 e. The molecule has 0 bridgehead atoms. The molecule has 1 aliphatic heterocycles. The van der Waals surface area contributed by atoms with E-state index in [1.54, 1.807) is 0 Å². The molecular weight excluding hydrogens is 234 g/mol. The van der Waals surface area contributed by atoms with E-state index < -0.39 is 0 Å². The van der Waals surface area contributed by atoms with Crippen molar-refractivity contribution in [3.8, 4) is 0 Å². The Morgan fingerprint density at radius 3 is 2.21 bits per heavy atom. The summed E-state index contributed by atoms with van der Waals surface area (Å²) < 4.78 is 0. The molecule has 19 heavy (non-hydrogen) atoms. The minimum Gasteiger partial charge on any atom is -0.369 e. The predicted octanol–water partition coefficient (Wildman–Crippen LogP) is 2.08. The highest BCUT2D eigenvalue weighted by Gasteiger charge is 2.39. The van der Waals surface area contributed by atoms with Crippen LogP contribution in [0.1, 0.15) is 23.1 Å². The van der Waals surface area contributed by atoms with Crippen molar-refractivity contribution in [2.45, 2.75) is 32.7 Å². The summed E-state index contributed by atoms with van der Waals surface area (Å²) in [5.74, 6) is 0. The fraction of sp³-hybridized carbons (Fsp3) is 0.625. The summed E-state index contributed by atoms with van der Waals surface area (Å²) in [6.07, 6.45) is 1.14. The molecule has 106 valence electrons. The van der Waals surface area contributed by atoms with Gasteiger partial charge < -0.3 is 15.5 Å². The van der Waals surface area contributed by atoms with Crippen LogP contribution in [0.25, 0.3) is 0 Å². The number of likely N-dealkylation sites (N-methyl/N-ethyl adjacent to an activating group) is 1. The zero-order chi connectivity index (χ0) is 14.2. The molecule has 1 aromatic carbocycles. The van der Waals surface area contributed by atoms with Gasteiger partial charge >= 0.3 is 0 Å². The Bertz CT molecular complexity index is 444. The molecule has 1 atom stereocenters. The van der Waals surface area contributed by atoms with E-state index in [9.17, 15) is 0 Å². The zero-order valence-corrected chi connectivity index (χ0v) is 13.0. The Morgan fingerprint density at radius 1 is 1.21 bits per heavy atom. The standard InChI is InChI=1S/C16H27N3/c1-12-8-13(2)15(14(3)9-12)19-7-6-16(10-17,11-19)18(4)5/h8-9H,6-7,10-11,17H2,1-5H3. The van der Waals surface area contributed by atoms with Crippen LogP contribution in [0.2, 0.25) is 0 Å². The van der Waals surface area contributed by atoms with Gasteiger partial charge in [0.25, 0.3) is 0 Å². The number of nitrogens with two attached hydrogens (primary N) is 1. The first-order chi connectivity index (χ1) is 8.89. The number of hydrogen-bond donors (Lipinski definition) is 1. The number of anilines is 1. The second kappa shape index (κ2) is 5.14. The zero-order valence-electron chi connectivity index (χ0n) is 13.0. The Hall–Kier alpha value is -1.06. The molecule has 0 saturated carbocycles. The molecule has 2 N–H and O–H groups in total. The summed E-state index contributed by atoms with van der Waals surface area (Å²) in [6.45, 7) is 9.44. The van der Waals surface area contributed by atoms with E-state index in [4.69, 9.17) is 5.73 Å². The van der Waals surface area contributed by atoms with Gasteiger partial charge in [-0.05, 0) is 52.4 Å². The molecule has 0 aliphatic carbocycles. The van der Waals surface area contributed by atoms with Crippen LogP contribution in [-0.4, -0.2) is 44.2 Å². The quantitative estimate of drug-likeness (QED) is 0.904. The maximum atomic E-state index is 6.04. The molecule has 3 nitrogen and oxygen atoms in total. The maximum Gasteiger partial charge on any atom is 0.0518 e. The van der Waals surface area contributed by atoms with Crippen molar-refractivity contribution in [3.05, 3.63) is 28.8 Å². The molecule has 1 aliphatic rings. The van der Waals surface area contributed by atoms with Crippen molar-refractivity contribution in [2.75, 3.05) is 38.6 Å². The highest BCUT2D eigenvalue weighted by molar-refractivity contribution is 5.61. The van der Waals surface area contributed by atoms with Gasteiger partial charge in [-0.3, -0.25) is 0 Å². The summed E-state index contributed by atoms with van der Waals surface area (Å²) in [5, 5.41) is 0. The molecule has 1 heterocycles. The molecular formula is C16H27N3. The fourth-order valence-electron chi connectivity index (χ4n) is 3.43. The van der Waals surface area contributed by atoms with Gasteiger partial charge in [-0.2, -0.15) is 0 Å². The van der Waals surface area contributed by atoms with E-state index >= 15 is 0 Å². The first-order valence-electron chi connectivity index (χ1n) is 7.10. The summed E-state index contributed by atoms with van der Waals surface area (Å²) in [6, 6.07) is 4.56. The summed E-state index contributed by atoms with van der Waals surface area (Å²) >= 11 is 0. The highest BCUT2D eigenvalue weighted by atomic mass is 15.3. The van der Waals surface area contributed by atoms with Gasteiger partial charge in [-0.15, -0.1) is 0 Å². The maximum absolute atomic E-state index is 6.04. The van der Waals surface area contributed by atoms with E-state index in [1.165, 1.54) is 22.4 Å². The summed E-state index contributed by atoms with van der Waals surface area (Å²) in [7, 11) is 4.29. The number of rotatable bonds is 3. The minimum atomic E-state index is 0.129. The third-order valence-corrected chi connectivity index (χ3v) is 4.61. The molecule has 1 saturated heterocycles. The molecule has 0 amide bonds. The molecule has 1 fully saturated rings. The van der Waals surface area contributed by atoms with Gasteiger partial charge in [-0.25, -0.2) is 0 Å². The van der Waals surface area contributed by atoms with Crippen molar-refractivity contribution in [2.24, 2.45) is 5.73 Å². The van der Waals surface area contributed by atoms with Crippen molar-refractivity contribution in [1.29, 1.82) is 0 Å². The average molecular weight is 261 g/mol. The highest BCUT2D eigenvalue weighted by Crippen LogP contribution is 2.34. The molecule has 3 heteroatoms. The van der Waals surface area contributed by atoms with E-state index in [-0.39, 0.29) is 5.54 Å². The van der Waals surface area contributed by atoms with Crippen LogP contribution < -0.4 is 10.6 Å². The third kappa shape index (κ3) is 2.49. The van der Waals surface area contributed by atoms with Crippen LogP contribution in [-0.2, 0) is 0 Å². The van der Waals surface area contributed by atoms with Crippen molar-refractivity contribution in [1.82, 2.24) is 4.90 Å². The normalized spacial score (nSPS) is 23.4. The SMILES string of the molecule is Cc1cc(C)c(N2CCC(CN)(N(C)C)C2)c(C)c1. The largest absolute Gasteiger partial charge is 0.369 e. The van der Waals surface area contributed by atoms with Gasteiger partial charge in [0.05, 0.1) is 5.54 Å². The lowest BCUT2D eigenvalue weighted by Gasteiger charge is -2.35. The van der Waals surface area contributed by atoms with E-state index in [2.05, 4.69) is 56.8 Å². The number of benzene rings is 1. The van der Waals surface area contributed by atoms with Crippen LogP contribution in [0.5, 0.6) is 0 Å². The number of nitrogens with zero attached hydrogens (tertiary/aromatic N) is 2. The molecule has 0 spiro atoms. The van der Waals surface area contributed by atoms with Gasteiger partial charge in [0, 0.05) is 25.3 Å². The second-order valence-electron chi connectivity index (χ2n) is 6.24. The monoisotopic (exact) mass is 261 g/mol. The second-order valence-corrected chi connectivity index (χ2v) is 6.24. The van der Waals surface area contributed by atoms with Crippen LogP contribution in [0.15, 0.2) is 12.1 Å². The van der Waals surface area contributed by atoms with Gasteiger partial charge in [0.15, 0.2) is 0 Å². The van der Waals surface area contributed by atoms with Crippen molar-refractivity contribution in [3.63, 3.8) is 0 Å². The van der Waals surface area contributed by atoms with Crippen molar-refractivity contribution >= 4 is 5.69 Å². The van der Waals surface area contributed by atoms with Crippen LogP contribution >= 0.6 is 0 Å². The van der Waals surface area contributed by atoms with Crippen molar-refractivity contribution < 1.29 is 0 Å². The lowest BCUT2D eigenvalue weighted by atomic mass is 9.97. The molecule has 2 rings (SSSR count). The lowest BCUT2D eigenvalue weighted by Crippen LogP contribution is -2.52. The van der Waals surface area contributed by atoms with Crippen LogP contribution in [0.3, 0.4) is 0 Å². The average Bonchev–Trinajstić information content (AvgIpc) is 2.73. The Balaban J connectivity index is 2.31. The fourth-order valence-corrected chi connectivity index (χ4v) is 3.43. The van der Waals surface area contributed by atoms with Gasteiger partial charge in [0.2, 0.25) is 0 Å².